The van der Waals surface area contributed by atoms with E-state index in [1.54, 1.807) is 18.2 Å². The van der Waals surface area contributed by atoms with Gasteiger partial charge in [0.05, 0.1) is 10.7 Å². The van der Waals surface area contributed by atoms with E-state index < -0.39 is 0 Å². The minimum Gasteiger partial charge on any atom is -0.397 e. The lowest BCUT2D eigenvalue weighted by molar-refractivity contribution is -0.116. The number of nitrogens with one attached hydrogen (secondary N) is 1. The second-order valence-corrected chi connectivity index (χ2v) is 5.37. The molecule has 1 aromatic carbocycles. The van der Waals surface area contributed by atoms with Gasteiger partial charge in [0.15, 0.2) is 0 Å². The Hall–Kier alpha value is -1.26. The predicted octanol–water partition coefficient (Wildman–Crippen LogP) is 2.98. The number of benzene rings is 1. The normalized spacial score (nSPS) is 11.1. The molecule has 0 saturated heterocycles. The van der Waals surface area contributed by atoms with Gasteiger partial charge in [-0.05, 0) is 52.1 Å². The lowest BCUT2D eigenvalue weighted by atomic mass is 10.2. The zero-order chi connectivity index (χ0) is 14.4. The second-order valence-electron chi connectivity index (χ2n) is 4.96. The first-order valence-electron chi connectivity index (χ1n) is 6.45. The van der Waals surface area contributed by atoms with Gasteiger partial charge in [0.2, 0.25) is 5.91 Å². The quantitative estimate of drug-likeness (QED) is 0.789. The third-order valence-electron chi connectivity index (χ3n) is 3.08. The van der Waals surface area contributed by atoms with E-state index in [1.165, 1.54) is 0 Å². The van der Waals surface area contributed by atoms with Crippen molar-refractivity contribution in [3.63, 3.8) is 0 Å². The van der Waals surface area contributed by atoms with Crippen LogP contribution in [0.3, 0.4) is 0 Å². The Morgan fingerprint density at radius 3 is 2.74 bits per heavy atom. The van der Waals surface area contributed by atoms with Crippen LogP contribution in [0.15, 0.2) is 18.2 Å². The number of rotatable bonds is 6. The molecule has 0 aliphatic carbocycles. The summed E-state index contributed by atoms with van der Waals surface area (Å²) in [5.41, 5.74) is 6.84. The van der Waals surface area contributed by atoms with Gasteiger partial charge in [0.1, 0.15) is 0 Å². The van der Waals surface area contributed by atoms with Crippen molar-refractivity contribution in [2.75, 3.05) is 24.6 Å². The van der Waals surface area contributed by atoms with E-state index in [9.17, 15) is 4.79 Å². The summed E-state index contributed by atoms with van der Waals surface area (Å²) in [6.07, 6.45) is 1.34. The van der Waals surface area contributed by atoms with Gasteiger partial charge >= 0.3 is 0 Å². The maximum absolute atomic E-state index is 11.8. The summed E-state index contributed by atoms with van der Waals surface area (Å²) in [6.45, 7) is 5.18. The number of nitrogens with zero attached hydrogens (tertiary/aromatic N) is 1. The van der Waals surface area contributed by atoms with E-state index in [0.29, 0.717) is 28.9 Å². The number of carbonyl (C=O) groups excluding carboxylic acids is 1. The van der Waals surface area contributed by atoms with Crippen LogP contribution in [0.5, 0.6) is 0 Å². The lowest BCUT2D eigenvalue weighted by Crippen LogP contribution is -2.28. The van der Waals surface area contributed by atoms with Crippen LogP contribution in [-0.2, 0) is 4.79 Å². The van der Waals surface area contributed by atoms with Gasteiger partial charge in [0.25, 0.3) is 0 Å². The monoisotopic (exact) mass is 283 g/mol. The SMILES string of the molecule is CC(C)N(C)CCCC(=O)Nc1ccc(Cl)c(N)c1. The molecule has 1 rings (SSSR count). The second kappa shape index (κ2) is 7.36. The van der Waals surface area contributed by atoms with Crippen LogP contribution in [0.2, 0.25) is 5.02 Å². The summed E-state index contributed by atoms with van der Waals surface area (Å²) >= 11 is 5.82. The molecule has 3 N–H and O–H groups in total. The number of anilines is 2. The fraction of sp³-hybridized carbons (Fsp3) is 0.500. The highest BCUT2D eigenvalue weighted by Gasteiger charge is 2.06. The topological polar surface area (TPSA) is 58.4 Å². The van der Waals surface area contributed by atoms with E-state index in [2.05, 4.69) is 31.1 Å². The Kier molecular flexibility index (Phi) is 6.12. The minimum atomic E-state index is -0.00104. The molecule has 0 saturated carbocycles. The average molecular weight is 284 g/mol. The molecular weight excluding hydrogens is 262 g/mol. The molecule has 106 valence electrons. The predicted molar refractivity (Wildman–Crippen MR) is 81.5 cm³/mol. The fourth-order valence-corrected chi connectivity index (χ4v) is 1.71. The number of hydrogen-bond donors (Lipinski definition) is 2. The van der Waals surface area contributed by atoms with Crippen LogP contribution < -0.4 is 11.1 Å². The highest BCUT2D eigenvalue weighted by Crippen LogP contribution is 2.22. The van der Waals surface area contributed by atoms with E-state index >= 15 is 0 Å². The number of nitrogens with two attached hydrogens (primary N) is 1. The Balaban J connectivity index is 2.37. The fourth-order valence-electron chi connectivity index (χ4n) is 1.59. The maximum Gasteiger partial charge on any atom is 0.224 e. The number of halogens is 1. The standard InChI is InChI=1S/C14H22ClN3O/c1-10(2)18(3)8-4-5-14(19)17-11-6-7-12(15)13(16)9-11/h6-7,9-10H,4-5,8,16H2,1-3H3,(H,17,19). The van der Waals surface area contributed by atoms with Crippen LogP contribution in [0.25, 0.3) is 0 Å². The Bertz CT molecular complexity index is 435. The van der Waals surface area contributed by atoms with Gasteiger partial charge in [-0.25, -0.2) is 0 Å². The molecule has 0 heterocycles. The smallest absolute Gasteiger partial charge is 0.224 e. The molecule has 0 bridgehead atoms. The largest absolute Gasteiger partial charge is 0.397 e. The Morgan fingerprint density at radius 1 is 1.47 bits per heavy atom. The van der Waals surface area contributed by atoms with Crippen molar-refractivity contribution in [1.29, 1.82) is 0 Å². The molecule has 19 heavy (non-hydrogen) atoms. The molecule has 0 fully saturated rings. The van der Waals surface area contributed by atoms with Gasteiger partial charge < -0.3 is 16.0 Å². The number of carbonyl (C=O) groups is 1. The highest BCUT2D eigenvalue weighted by molar-refractivity contribution is 6.33. The first kappa shape index (κ1) is 15.8. The molecule has 0 atom stereocenters. The average Bonchev–Trinajstić information content (AvgIpc) is 2.33. The van der Waals surface area contributed by atoms with Gasteiger partial charge in [-0.1, -0.05) is 11.6 Å². The van der Waals surface area contributed by atoms with E-state index in [1.807, 2.05) is 0 Å². The summed E-state index contributed by atoms with van der Waals surface area (Å²) in [6, 6.07) is 5.59. The third kappa shape index (κ3) is 5.49. The molecule has 0 aromatic heterocycles. The van der Waals surface area contributed by atoms with Crippen molar-refractivity contribution in [3.8, 4) is 0 Å². The molecule has 0 radical (unpaired) electrons. The summed E-state index contributed by atoms with van der Waals surface area (Å²) in [4.78, 5) is 14.0. The van der Waals surface area contributed by atoms with Crippen molar-refractivity contribution in [2.24, 2.45) is 0 Å². The van der Waals surface area contributed by atoms with E-state index in [0.717, 1.165) is 13.0 Å². The number of nitrogen functional groups attached to an aromatic ring is 1. The molecule has 0 spiro atoms. The summed E-state index contributed by atoms with van der Waals surface area (Å²) in [7, 11) is 2.06. The maximum atomic E-state index is 11.8. The zero-order valence-electron chi connectivity index (χ0n) is 11.7. The van der Waals surface area contributed by atoms with Crippen LogP contribution >= 0.6 is 11.6 Å². The first-order chi connectivity index (χ1) is 8.90. The molecular formula is C14H22ClN3O. The molecule has 0 unspecified atom stereocenters. The summed E-state index contributed by atoms with van der Waals surface area (Å²) in [5.74, 6) is -0.00104. The first-order valence-corrected chi connectivity index (χ1v) is 6.83. The third-order valence-corrected chi connectivity index (χ3v) is 3.42. The van der Waals surface area contributed by atoms with Crippen molar-refractivity contribution >= 4 is 28.9 Å². The van der Waals surface area contributed by atoms with Crippen LogP contribution in [-0.4, -0.2) is 30.4 Å². The van der Waals surface area contributed by atoms with Crippen molar-refractivity contribution in [3.05, 3.63) is 23.2 Å². The van der Waals surface area contributed by atoms with Crippen molar-refractivity contribution < 1.29 is 4.79 Å². The highest BCUT2D eigenvalue weighted by atomic mass is 35.5. The molecule has 0 aliphatic heterocycles. The van der Waals surface area contributed by atoms with Crippen molar-refractivity contribution in [1.82, 2.24) is 4.90 Å². The number of amides is 1. The Labute approximate surface area is 119 Å². The molecule has 1 aromatic rings. The Morgan fingerprint density at radius 2 is 2.16 bits per heavy atom. The van der Waals surface area contributed by atoms with Gasteiger partial charge in [-0.15, -0.1) is 0 Å². The molecule has 1 amide bonds. The van der Waals surface area contributed by atoms with Crippen molar-refractivity contribution in [2.45, 2.75) is 32.7 Å². The van der Waals surface area contributed by atoms with Crippen LogP contribution in [0, 0.1) is 0 Å². The van der Waals surface area contributed by atoms with E-state index in [4.69, 9.17) is 17.3 Å². The molecule has 0 aliphatic rings. The summed E-state index contributed by atoms with van der Waals surface area (Å²) < 4.78 is 0. The van der Waals surface area contributed by atoms with Gasteiger partial charge in [0, 0.05) is 18.2 Å². The summed E-state index contributed by atoms with van der Waals surface area (Å²) in [5, 5.41) is 3.31. The minimum absolute atomic E-state index is 0.00104. The molecule has 4 nitrogen and oxygen atoms in total. The zero-order valence-corrected chi connectivity index (χ0v) is 12.5. The lowest BCUT2D eigenvalue weighted by Gasteiger charge is -2.20. The van der Waals surface area contributed by atoms with Crippen LogP contribution in [0.4, 0.5) is 11.4 Å². The van der Waals surface area contributed by atoms with Gasteiger partial charge in [-0.2, -0.15) is 0 Å². The molecule has 5 heteroatoms. The van der Waals surface area contributed by atoms with Crippen LogP contribution in [0.1, 0.15) is 26.7 Å². The number of hydrogen-bond acceptors (Lipinski definition) is 3. The van der Waals surface area contributed by atoms with Gasteiger partial charge in [-0.3, -0.25) is 4.79 Å². The van der Waals surface area contributed by atoms with E-state index in [-0.39, 0.29) is 5.91 Å².